The van der Waals surface area contributed by atoms with Crippen LogP contribution in [0.15, 0.2) is 11.6 Å². The summed E-state index contributed by atoms with van der Waals surface area (Å²) in [6.45, 7) is 6.62. The third-order valence-corrected chi connectivity index (χ3v) is 6.89. The fourth-order valence-electron chi connectivity index (χ4n) is 4.39. The number of hydrogen-bond acceptors (Lipinski definition) is 6. The van der Waals surface area contributed by atoms with Gasteiger partial charge in [0.1, 0.15) is 5.01 Å². The van der Waals surface area contributed by atoms with Crippen LogP contribution in [0.5, 0.6) is 0 Å². The number of hydrogen-bond donors (Lipinski definition) is 0. The van der Waals surface area contributed by atoms with E-state index in [-0.39, 0.29) is 0 Å². The molecular formula is C18H28N4O2S. The molecule has 1 aliphatic carbocycles. The fourth-order valence-corrected chi connectivity index (χ4v) is 5.07. The summed E-state index contributed by atoms with van der Waals surface area (Å²) >= 11 is 1.73. The van der Waals surface area contributed by atoms with Crippen molar-refractivity contribution >= 4 is 17.2 Å². The molecule has 6 nitrogen and oxygen atoms in total. The first-order chi connectivity index (χ1) is 12.2. The van der Waals surface area contributed by atoms with Gasteiger partial charge in [-0.15, -0.1) is 11.3 Å². The zero-order valence-electron chi connectivity index (χ0n) is 15.0. The molecule has 1 saturated carbocycles. The first-order valence-corrected chi connectivity index (χ1v) is 10.2. The van der Waals surface area contributed by atoms with E-state index in [4.69, 9.17) is 4.74 Å². The van der Waals surface area contributed by atoms with Crippen molar-refractivity contribution in [2.45, 2.75) is 31.8 Å². The van der Waals surface area contributed by atoms with E-state index in [1.807, 2.05) is 11.6 Å². The quantitative estimate of drug-likeness (QED) is 0.788. The van der Waals surface area contributed by atoms with Gasteiger partial charge in [0.2, 0.25) is 5.91 Å². The molecule has 1 aromatic heterocycles. The SMILES string of the molecule is CN(Cc1nccs1)C1CC12CCN(C(=O)CN1CCOCC1)CC2. The smallest absolute Gasteiger partial charge is 0.236 e. The Labute approximate surface area is 153 Å². The van der Waals surface area contributed by atoms with Crippen LogP contribution in [0.25, 0.3) is 0 Å². The van der Waals surface area contributed by atoms with Crippen LogP contribution in [-0.4, -0.2) is 84.6 Å². The van der Waals surface area contributed by atoms with Crippen LogP contribution in [0.1, 0.15) is 24.3 Å². The number of carbonyl (C=O) groups is 1. The number of ether oxygens (including phenoxy) is 1. The van der Waals surface area contributed by atoms with Gasteiger partial charge in [-0.25, -0.2) is 4.98 Å². The van der Waals surface area contributed by atoms with Crippen LogP contribution in [0.3, 0.4) is 0 Å². The summed E-state index contributed by atoms with van der Waals surface area (Å²) in [6.07, 6.45) is 5.46. The molecule has 3 fully saturated rings. The molecule has 0 aromatic carbocycles. The van der Waals surface area contributed by atoms with Crippen molar-refractivity contribution in [1.82, 2.24) is 19.7 Å². The Bertz CT molecular complexity index is 580. The predicted octanol–water partition coefficient (Wildman–Crippen LogP) is 1.29. The average molecular weight is 365 g/mol. The number of likely N-dealkylation sites (tertiary alicyclic amines) is 1. The molecule has 0 bridgehead atoms. The molecule has 1 atom stereocenters. The van der Waals surface area contributed by atoms with E-state index < -0.39 is 0 Å². The van der Waals surface area contributed by atoms with E-state index >= 15 is 0 Å². The van der Waals surface area contributed by atoms with Crippen molar-refractivity contribution in [2.75, 3.05) is 53.0 Å². The van der Waals surface area contributed by atoms with Gasteiger partial charge in [-0.3, -0.25) is 14.6 Å². The lowest BCUT2D eigenvalue weighted by molar-refractivity contribution is -0.135. The minimum absolute atomic E-state index is 0.296. The van der Waals surface area contributed by atoms with Gasteiger partial charge in [-0.2, -0.15) is 0 Å². The number of amides is 1. The number of piperidine rings is 1. The van der Waals surface area contributed by atoms with Gasteiger partial charge in [-0.05, 0) is 31.7 Å². The highest BCUT2D eigenvalue weighted by molar-refractivity contribution is 7.09. The molecule has 1 aromatic rings. The number of morpholine rings is 1. The minimum Gasteiger partial charge on any atom is -0.379 e. The van der Waals surface area contributed by atoms with Crippen molar-refractivity contribution in [3.05, 3.63) is 16.6 Å². The first-order valence-electron chi connectivity index (χ1n) is 9.33. The molecule has 1 spiro atoms. The lowest BCUT2D eigenvalue weighted by Gasteiger charge is -2.36. The highest BCUT2D eigenvalue weighted by atomic mass is 32.1. The molecule has 2 saturated heterocycles. The lowest BCUT2D eigenvalue weighted by Crippen LogP contribution is -2.47. The molecule has 3 aliphatic rings. The Kier molecular flexibility index (Phi) is 5.08. The summed E-state index contributed by atoms with van der Waals surface area (Å²) < 4.78 is 5.36. The molecule has 138 valence electrons. The Morgan fingerprint density at radius 1 is 1.36 bits per heavy atom. The van der Waals surface area contributed by atoms with Gasteiger partial charge in [0.15, 0.2) is 0 Å². The third-order valence-electron chi connectivity index (χ3n) is 6.12. The van der Waals surface area contributed by atoms with Crippen LogP contribution in [0.2, 0.25) is 0 Å². The van der Waals surface area contributed by atoms with Gasteiger partial charge in [-0.1, -0.05) is 0 Å². The van der Waals surface area contributed by atoms with Crippen LogP contribution in [0, 0.1) is 5.41 Å². The Morgan fingerprint density at radius 2 is 2.12 bits per heavy atom. The number of aromatic nitrogens is 1. The van der Waals surface area contributed by atoms with Gasteiger partial charge in [0.05, 0.1) is 26.3 Å². The molecule has 25 heavy (non-hydrogen) atoms. The average Bonchev–Trinajstić information content (AvgIpc) is 3.08. The van der Waals surface area contributed by atoms with Crippen molar-refractivity contribution < 1.29 is 9.53 Å². The zero-order chi connectivity index (χ0) is 17.3. The van der Waals surface area contributed by atoms with Gasteiger partial charge in [0, 0.05) is 43.8 Å². The first kappa shape index (κ1) is 17.4. The molecule has 0 N–H and O–H groups in total. The summed E-state index contributed by atoms with van der Waals surface area (Å²) in [5.74, 6) is 0.296. The van der Waals surface area contributed by atoms with Crippen LogP contribution < -0.4 is 0 Å². The van der Waals surface area contributed by atoms with E-state index in [0.717, 1.165) is 58.8 Å². The monoisotopic (exact) mass is 364 g/mol. The standard InChI is InChI=1S/C18H28N4O2S/c1-20(13-16-19-4-11-25-16)15-12-18(15)2-5-22(6-3-18)17(23)14-21-7-9-24-10-8-21/h4,11,15H,2-3,5-10,12-14H2,1H3. The maximum absolute atomic E-state index is 12.6. The molecule has 1 amide bonds. The number of carbonyl (C=O) groups excluding carboxylic acids is 1. The second-order valence-electron chi connectivity index (χ2n) is 7.69. The molecule has 4 rings (SSSR count). The molecular weight excluding hydrogens is 336 g/mol. The lowest BCUT2D eigenvalue weighted by atomic mass is 9.92. The van der Waals surface area contributed by atoms with E-state index in [0.29, 0.717) is 23.9 Å². The highest BCUT2D eigenvalue weighted by Gasteiger charge is 2.56. The number of rotatable bonds is 5. The zero-order valence-corrected chi connectivity index (χ0v) is 15.8. The van der Waals surface area contributed by atoms with Crippen LogP contribution >= 0.6 is 11.3 Å². The fraction of sp³-hybridized carbons (Fsp3) is 0.778. The summed E-state index contributed by atoms with van der Waals surface area (Å²) in [7, 11) is 2.22. The molecule has 1 unspecified atom stereocenters. The van der Waals surface area contributed by atoms with E-state index in [1.54, 1.807) is 11.3 Å². The van der Waals surface area contributed by atoms with Gasteiger partial charge >= 0.3 is 0 Å². The maximum Gasteiger partial charge on any atom is 0.236 e. The van der Waals surface area contributed by atoms with E-state index in [1.165, 1.54) is 11.4 Å². The van der Waals surface area contributed by atoms with E-state index in [2.05, 4.69) is 26.7 Å². The van der Waals surface area contributed by atoms with Crippen molar-refractivity contribution in [3.63, 3.8) is 0 Å². The number of thiazole rings is 1. The Balaban J connectivity index is 1.24. The number of nitrogens with zero attached hydrogens (tertiary/aromatic N) is 4. The third kappa shape index (κ3) is 3.89. The van der Waals surface area contributed by atoms with Crippen molar-refractivity contribution in [2.24, 2.45) is 5.41 Å². The second kappa shape index (κ2) is 7.31. The van der Waals surface area contributed by atoms with Gasteiger partial charge in [0.25, 0.3) is 0 Å². The topological polar surface area (TPSA) is 48.9 Å². The van der Waals surface area contributed by atoms with E-state index in [9.17, 15) is 4.79 Å². The molecule has 7 heteroatoms. The molecule has 2 aliphatic heterocycles. The Hall–Kier alpha value is -1.02. The van der Waals surface area contributed by atoms with Crippen LogP contribution in [-0.2, 0) is 16.1 Å². The predicted molar refractivity (Wildman–Crippen MR) is 97.5 cm³/mol. The van der Waals surface area contributed by atoms with Gasteiger partial charge < -0.3 is 9.64 Å². The summed E-state index contributed by atoms with van der Waals surface area (Å²) in [5, 5.41) is 3.24. The highest BCUT2D eigenvalue weighted by Crippen LogP contribution is 2.56. The largest absolute Gasteiger partial charge is 0.379 e. The van der Waals surface area contributed by atoms with Crippen molar-refractivity contribution in [3.8, 4) is 0 Å². The summed E-state index contributed by atoms with van der Waals surface area (Å²) in [6, 6.07) is 0.660. The van der Waals surface area contributed by atoms with Crippen molar-refractivity contribution in [1.29, 1.82) is 0 Å². The maximum atomic E-state index is 12.6. The Morgan fingerprint density at radius 3 is 2.80 bits per heavy atom. The molecule has 3 heterocycles. The normalized spacial score (nSPS) is 26.3. The van der Waals surface area contributed by atoms with Crippen LogP contribution in [0.4, 0.5) is 0 Å². The minimum atomic E-state index is 0.296. The summed E-state index contributed by atoms with van der Waals surface area (Å²) in [5.41, 5.74) is 0.446. The molecule has 0 radical (unpaired) electrons. The second-order valence-corrected chi connectivity index (χ2v) is 8.67. The summed E-state index contributed by atoms with van der Waals surface area (Å²) in [4.78, 5) is 23.7.